The van der Waals surface area contributed by atoms with Crippen molar-refractivity contribution in [2.75, 3.05) is 26.3 Å². The average molecular weight is 255 g/mol. The second kappa shape index (κ2) is 6.02. The van der Waals surface area contributed by atoms with Crippen LogP contribution in [0.3, 0.4) is 0 Å². The van der Waals surface area contributed by atoms with Crippen molar-refractivity contribution in [3.63, 3.8) is 0 Å². The molecule has 0 aromatic carbocycles. The van der Waals surface area contributed by atoms with Crippen LogP contribution in [0.1, 0.15) is 45.4 Å². The van der Waals surface area contributed by atoms with Crippen LogP contribution in [0, 0.1) is 5.41 Å². The lowest BCUT2D eigenvalue weighted by molar-refractivity contribution is -0.153. The topological polar surface area (TPSA) is 49.8 Å². The zero-order chi connectivity index (χ0) is 13.0. The summed E-state index contributed by atoms with van der Waals surface area (Å²) in [7, 11) is 0. The van der Waals surface area contributed by atoms with Crippen molar-refractivity contribution in [2.24, 2.45) is 5.41 Å². The van der Waals surface area contributed by atoms with Crippen LogP contribution in [-0.4, -0.2) is 48.3 Å². The largest absolute Gasteiger partial charge is 0.481 e. The quantitative estimate of drug-likeness (QED) is 0.836. The van der Waals surface area contributed by atoms with Gasteiger partial charge in [-0.25, -0.2) is 0 Å². The normalized spacial score (nSPS) is 26.1. The van der Waals surface area contributed by atoms with E-state index >= 15 is 0 Å². The Morgan fingerprint density at radius 1 is 1.33 bits per heavy atom. The molecule has 0 radical (unpaired) electrons. The van der Waals surface area contributed by atoms with Gasteiger partial charge in [0.1, 0.15) is 0 Å². The zero-order valence-electron chi connectivity index (χ0n) is 11.4. The lowest BCUT2D eigenvalue weighted by Crippen LogP contribution is -2.49. The van der Waals surface area contributed by atoms with Crippen LogP contribution >= 0.6 is 0 Å². The van der Waals surface area contributed by atoms with Gasteiger partial charge in [-0.2, -0.15) is 0 Å². The second-order valence-corrected chi connectivity index (χ2v) is 5.71. The first-order chi connectivity index (χ1) is 8.68. The van der Waals surface area contributed by atoms with Crippen molar-refractivity contribution < 1.29 is 14.6 Å². The van der Waals surface area contributed by atoms with E-state index in [1.54, 1.807) is 0 Å². The minimum atomic E-state index is -0.587. The van der Waals surface area contributed by atoms with E-state index in [0.29, 0.717) is 6.04 Å². The van der Waals surface area contributed by atoms with Gasteiger partial charge in [0.15, 0.2) is 0 Å². The molecule has 2 fully saturated rings. The maximum atomic E-state index is 11.5. The number of likely N-dealkylation sites (tertiary alicyclic amines) is 1. The molecule has 0 aliphatic carbocycles. The van der Waals surface area contributed by atoms with Gasteiger partial charge in [0.2, 0.25) is 0 Å². The van der Waals surface area contributed by atoms with E-state index in [9.17, 15) is 9.90 Å². The summed E-state index contributed by atoms with van der Waals surface area (Å²) < 4.78 is 5.39. The fourth-order valence-corrected chi connectivity index (χ4v) is 3.42. The van der Waals surface area contributed by atoms with Crippen molar-refractivity contribution in [3.05, 3.63) is 0 Å². The van der Waals surface area contributed by atoms with Crippen LogP contribution in [-0.2, 0) is 9.53 Å². The molecular formula is C14H25NO3. The van der Waals surface area contributed by atoms with Gasteiger partial charge < -0.3 is 14.7 Å². The van der Waals surface area contributed by atoms with Gasteiger partial charge in [0, 0.05) is 19.3 Å². The second-order valence-electron chi connectivity index (χ2n) is 5.71. The van der Waals surface area contributed by atoms with Gasteiger partial charge in [-0.1, -0.05) is 13.3 Å². The summed E-state index contributed by atoms with van der Waals surface area (Å²) in [6.45, 7) is 5.68. The molecule has 2 aliphatic rings. The molecule has 0 aromatic heterocycles. The molecule has 0 saturated carbocycles. The fourth-order valence-electron chi connectivity index (χ4n) is 3.42. The van der Waals surface area contributed by atoms with Crippen molar-refractivity contribution in [3.8, 4) is 0 Å². The number of carboxylic acid groups (broad SMARTS) is 1. The molecule has 1 N–H and O–H groups in total. The summed E-state index contributed by atoms with van der Waals surface area (Å²) in [4.78, 5) is 14.0. The van der Waals surface area contributed by atoms with Gasteiger partial charge in [-0.15, -0.1) is 0 Å². The van der Waals surface area contributed by atoms with Crippen LogP contribution in [0.2, 0.25) is 0 Å². The molecule has 0 spiro atoms. The SMILES string of the molecule is CCCC1(C(=O)O)CCN(C2CCOCC2)CC1. The number of hydrogen-bond acceptors (Lipinski definition) is 3. The predicted octanol–water partition coefficient (Wildman–Crippen LogP) is 2.13. The molecule has 2 rings (SSSR count). The van der Waals surface area contributed by atoms with E-state index in [4.69, 9.17) is 4.74 Å². The maximum Gasteiger partial charge on any atom is 0.309 e. The highest BCUT2D eigenvalue weighted by Crippen LogP contribution is 2.37. The number of ether oxygens (including phenoxy) is 1. The third kappa shape index (κ3) is 2.86. The minimum Gasteiger partial charge on any atom is -0.481 e. The van der Waals surface area contributed by atoms with Crippen molar-refractivity contribution >= 4 is 5.97 Å². The third-order valence-corrected chi connectivity index (χ3v) is 4.64. The van der Waals surface area contributed by atoms with E-state index in [0.717, 1.165) is 64.8 Å². The Morgan fingerprint density at radius 3 is 2.44 bits per heavy atom. The van der Waals surface area contributed by atoms with Crippen molar-refractivity contribution in [1.29, 1.82) is 0 Å². The van der Waals surface area contributed by atoms with Gasteiger partial charge in [0.05, 0.1) is 5.41 Å². The van der Waals surface area contributed by atoms with E-state index < -0.39 is 11.4 Å². The first-order valence-electron chi connectivity index (χ1n) is 7.23. The van der Waals surface area contributed by atoms with E-state index in [1.165, 1.54) is 0 Å². The third-order valence-electron chi connectivity index (χ3n) is 4.64. The molecule has 0 aromatic rings. The van der Waals surface area contributed by atoms with Gasteiger partial charge in [-0.3, -0.25) is 4.79 Å². The standard InChI is InChI=1S/C14H25NO3/c1-2-5-14(13(16)17)6-8-15(9-7-14)12-3-10-18-11-4-12/h12H,2-11H2,1H3,(H,16,17). The van der Waals surface area contributed by atoms with Gasteiger partial charge >= 0.3 is 5.97 Å². The monoisotopic (exact) mass is 255 g/mol. The van der Waals surface area contributed by atoms with Crippen LogP contribution in [0.4, 0.5) is 0 Å². The number of piperidine rings is 1. The highest BCUT2D eigenvalue weighted by atomic mass is 16.5. The van der Waals surface area contributed by atoms with Crippen LogP contribution in [0.5, 0.6) is 0 Å². The molecule has 2 heterocycles. The summed E-state index contributed by atoms with van der Waals surface area (Å²) >= 11 is 0. The predicted molar refractivity (Wildman–Crippen MR) is 69.6 cm³/mol. The Balaban J connectivity index is 1.91. The minimum absolute atomic E-state index is 0.448. The Morgan fingerprint density at radius 2 is 1.94 bits per heavy atom. The lowest BCUT2D eigenvalue weighted by atomic mass is 9.74. The molecule has 4 heteroatoms. The first-order valence-corrected chi connectivity index (χ1v) is 7.23. The summed E-state index contributed by atoms with van der Waals surface area (Å²) in [6.07, 6.45) is 5.62. The van der Waals surface area contributed by atoms with Crippen molar-refractivity contribution in [1.82, 2.24) is 4.90 Å². The molecular weight excluding hydrogens is 230 g/mol. The molecule has 4 nitrogen and oxygen atoms in total. The van der Waals surface area contributed by atoms with Gasteiger partial charge in [-0.05, 0) is 45.2 Å². The average Bonchev–Trinajstić information content (AvgIpc) is 2.41. The molecule has 0 unspecified atom stereocenters. The lowest BCUT2D eigenvalue weighted by Gasteiger charge is -2.43. The smallest absolute Gasteiger partial charge is 0.309 e. The molecule has 0 atom stereocenters. The summed E-state index contributed by atoms with van der Waals surface area (Å²) in [5, 5.41) is 9.48. The Hall–Kier alpha value is -0.610. The number of carbonyl (C=O) groups is 1. The molecule has 0 amide bonds. The Labute approximate surface area is 109 Å². The highest BCUT2D eigenvalue weighted by molar-refractivity contribution is 5.74. The van der Waals surface area contributed by atoms with Crippen LogP contribution in [0.15, 0.2) is 0 Å². The molecule has 18 heavy (non-hydrogen) atoms. The molecule has 0 bridgehead atoms. The summed E-state index contributed by atoms with van der Waals surface area (Å²) in [5.41, 5.74) is -0.448. The maximum absolute atomic E-state index is 11.5. The van der Waals surface area contributed by atoms with Crippen molar-refractivity contribution in [2.45, 2.75) is 51.5 Å². The highest BCUT2D eigenvalue weighted by Gasteiger charge is 2.41. The fraction of sp³-hybridized carbons (Fsp3) is 0.929. The zero-order valence-corrected chi connectivity index (χ0v) is 11.4. The number of carboxylic acids is 1. The van der Waals surface area contributed by atoms with Crippen LogP contribution in [0.25, 0.3) is 0 Å². The number of hydrogen-bond donors (Lipinski definition) is 1. The summed E-state index contributed by atoms with van der Waals surface area (Å²) in [6, 6.07) is 0.618. The Kier molecular flexibility index (Phi) is 4.62. The number of rotatable bonds is 4. The Bertz CT molecular complexity index is 279. The van der Waals surface area contributed by atoms with Crippen LogP contribution < -0.4 is 0 Å². The van der Waals surface area contributed by atoms with E-state index in [1.807, 2.05) is 0 Å². The molecule has 104 valence electrons. The summed E-state index contributed by atoms with van der Waals surface area (Å²) in [5.74, 6) is -0.587. The first kappa shape index (κ1) is 13.8. The molecule has 2 aliphatic heterocycles. The van der Waals surface area contributed by atoms with Gasteiger partial charge in [0.25, 0.3) is 0 Å². The number of nitrogens with zero attached hydrogens (tertiary/aromatic N) is 1. The number of aliphatic carboxylic acids is 1. The van der Waals surface area contributed by atoms with E-state index in [2.05, 4.69) is 11.8 Å². The molecule has 2 saturated heterocycles. The van der Waals surface area contributed by atoms with E-state index in [-0.39, 0.29) is 0 Å².